The topological polar surface area (TPSA) is 86.9 Å². The Hall–Kier alpha value is -0.810. The van der Waals surface area contributed by atoms with Crippen molar-refractivity contribution in [1.82, 2.24) is 14.9 Å². The zero-order chi connectivity index (χ0) is 14.3. The summed E-state index contributed by atoms with van der Waals surface area (Å²) in [5, 5.41) is 5.96. The van der Waals surface area contributed by atoms with Gasteiger partial charge in [0.15, 0.2) is 5.96 Å². The normalized spacial score (nSPS) is 12.1. The van der Waals surface area contributed by atoms with Crippen molar-refractivity contribution in [3.63, 3.8) is 0 Å². The molecule has 1 heterocycles. The molecule has 0 aromatic carbocycles. The first-order valence-electron chi connectivity index (χ1n) is 5.83. The lowest BCUT2D eigenvalue weighted by atomic mass is 10.4. The molecule has 0 aliphatic heterocycles. The smallest absolute Gasteiger partial charge is 0.215 e. The maximum absolute atomic E-state index is 11.6. The summed E-state index contributed by atoms with van der Waals surface area (Å²) >= 11 is 0. The quantitative estimate of drug-likeness (QED) is 0.400. The molecule has 0 unspecified atom stereocenters. The number of sulfonamides is 1. The molecule has 9 heteroatoms. The zero-order valence-corrected chi connectivity index (χ0v) is 14.9. The first-order valence-corrected chi connectivity index (χ1v) is 7.43. The van der Waals surface area contributed by atoms with E-state index in [-0.39, 0.29) is 29.7 Å². The van der Waals surface area contributed by atoms with E-state index in [1.165, 1.54) is 18.4 Å². The van der Waals surface area contributed by atoms with Crippen LogP contribution in [0.2, 0.25) is 0 Å². The lowest BCUT2D eigenvalue weighted by Gasteiger charge is -2.13. The van der Waals surface area contributed by atoms with E-state index in [2.05, 4.69) is 15.6 Å². The fourth-order valence-electron chi connectivity index (χ4n) is 1.29. The van der Waals surface area contributed by atoms with E-state index in [1.807, 2.05) is 6.07 Å². The van der Waals surface area contributed by atoms with Crippen molar-refractivity contribution in [2.45, 2.75) is 6.54 Å². The molecule has 0 spiro atoms. The van der Waals surface area contributed by atoms with Crippen molar-refractivity contribution < 1.29 is 12.8 Å². The van der Waals surface area contributed by atoms with E-state index in [4.69, 9.17) is 4.42 Å². The number of aliphatic imine (C=N–C) groups is 1. The standard InChI is InChI=1S/C11H20N4O3S.HI/c1-12-11(14-9-10-5-4-7-18-10)13-6-8-19(16,17)15(2)3;/h4-5,7H,6,8-9H2,1-3H3,(H2,12,13,14);1H. The summed E-state index contributed by atoms with van der Waals surface area (Å²) < 4.78 is 29.5. The summed E-state index contributed by atoms with van der Waals surface area (Å²) in [6.45, 7) is 0.783. The van der Waals surface area contributed by atoms with E-state index in [0.717, 1.165) is 5.76 Å². The third-order valence-electron chi connectivity index (χ3n) is 2.44. The van der Waals surface area contributed by atoms with Gasteiger partial charge in [-0.2, -0.15) is 0 Å². The molecule has 0 bridgehead atoms. The van der Waals surface area contributed by atoms with Crippen LogP contribution in [0.25, 0.3) is 0 Å². The molecule has 0 saturated carbocycles. The molecule has 0 fully saturated rings. The second kappa shape index (κ2) is 9.19. The summed E-state index contributed by atoms with van der Waals surface area (Å²) in [5.74, 6) is 1.33. The molecule has 2 N–H and O–H groups in total. The summed E-state index contributed by atoms with van der Waals surface area (Å²) in [6, 6.07) is 3.65. The number of guanidine groups is 1. The van der Waals surface area contributed by atoms with Crippen molar-refractivity contribution >= 4 is 40.0 Å². The summed E-state index contributed by atoms with van der Waals surface area (Å²) in [7, 11) is 1.46. The minimum absolute atomic E-state index is 0. The molecular formula is C11H21IN4O3S. The lowest BCUT2D eigenvalue weighted by molar-refractivity contribution is 0.501. The molecule has 1 rings (SSSR count). The van der Waals surface area contributed by atoms with Gasteiger partial charge in [0.1, 0.15) is 5.76 Å². The van der Waals surface area contributed by atoms with E-state index < -0.39 is 10.0 Å². The highest BCUT2D eigenvalue weighted by Crippen LogP contribution is 1.98. The summed E-state index contributed by atoms with van der Waals surface area (Å²) in [5.41, 5.74) is 0. The molecule has 7 nitrogen and oxygen atoms in total. The molecule has 1 aromatic rings. The van der Waals surface area contributed by atoms with Crippen LogP contribution in [0, 0.1) is 0 Å². The van der Waals surface area contributed by atoms with Crippen molar-refractivity contribution in [3.8, 4) is 0 Å². The Morgan fingerprint density at radius 3 is 2.60 bits per heavy atom. The molecule has 0 aliphatic rings. The lowest BCUT2D eigenvalue weighted by Crippen LogP contribution is -2.40. The first kappa shape index (κ1) is 19.2. The monoisotopic (exact) mass is 416 g/mol. The first-order chi connectivity index (χ1) is 8.95. The number of nitrogens with one attached hydrogen (secondary N) is 2. The summed E-state index contributed by atoms with van der Waals surface area (Å²) in [4.78, 5) is 4.00. The van der Waals surface area contributed by atoms with Gasteiger partial charge >= 0.3 is 0 Å². The number of furan rings is 1. The van der Waals surface area contributed by atoms with Gasteiger partial charge in [-0.3, -0.25) is 4.99 Å². The minimum atomic E-state index is -3.19. The van der Waals surface area contributed by atoms with Gasteiger partial charge in [0.2, 0.25) is 10.0 Å². The van der Waals surface area contributed by atoms with Crippen molar-refractivity contribution in [2.75, 3.05) is 33.4 Å². The Balaban J connectivity index is 0.00000361. The van der Waals surface area contributed by atoms with Crippen LogP contribution in [0.3, 0.4) is 0 Å². The molecular weight excluding hydrogens is 395 g/mol. The molecule has 1 aromatic heterocycles. The van der Waals surface area contributed by atoms with E-state index in [1.54, 1.807) is 19.4 Å². The van der Waals surface area contributed by atoms with Gasteiger partial charge in [-0.15, -0.1) is 24.0 Å². The van der Waals surface area contributed by atoms with Crippen LogP contribution in [-0.2, 0) is 16.6 Å². The second-order valence-corrected chi connectivity index (χ2v) is 6.33. The van der Waals surface area contributed by atoms with Gasteiger partial charge in [-0.05, 0) is 12.1 Å². The van der Waals surface area contributed by atoms with Crippen molar-refractivity contribution in [3.05, 3.63) is 24.2 Å². The van der Waals surface area contributed by atoms with Gasteiger partial charge in [-0.1, -0.05) is 0 Å². The van der Waals surface area contributed by atoms with Crippen molar-refractivity contribution in [2.24, 2.45) is 4.99 Å². The van der Waals surface area contributed by atoms with E-state index in [9.17, 15) is 8.42 Å². The third kappa shape index (κ3) is 6.57. The van der Waals surface area contributed by atoms with Crippen LogP contribution in [0.1, 0.15) is 5.76 Å². The van der Waals surface area contributed by atoms with Gasteiger partial charge in [0, 0.05) is 27.7 Å². The number of halogens is 1. The van der Waals surface area contributed by atoms with E-state index >= 15 is 0 Å². The second-order valence-electron chi connectivity index (χ2n) is 4.03. The maximum atomic E-state index is 11.6. The third-order valence-corrected chi connectivity index (χ3v) is 4.28. The fourth-order valence-corrected chi connectivity index (χ4v) is 2.01. The number of hydrogen-bond acceptors (Lipinski definition) is 4. The Morgan fingerprint density at radius 2 is 2.10 bits per heavy atom. The largest absolute Gasteiger partial charge is 0.467 e. The highest BCUT2D eigenvalue weighted by molar-refractivity contribution is 14.0. The Labute approximate surface area is 136 Å². The van der Waals surface area contributed by atoms with Crippen LogP contribution in [-0.4, -0.2) is 52.1 Å². The SMILES string of the molecule is CN=C(NCCS(=O)(=O)N(C)C)NCc1ccco1.I. The van der Waals surface area contributed by atoms with Crippen LogP contribution in [0.4, 0.5) is 0 Å². The minimum Gasteiger partial charge on any atom is -0.467 e. The van der Waals surface area contributed by atoms with Gasteiger partial charge in [-0.25, -0.2) is 12.7 Å². The molecule has 0 saturated heterocycles. The molecule has 116 valence electrons. The van der Waals surface area contributed by atoms with E-state index in [0.29, 0.717) is 19.0 Å². The van der Waals surface area contributed by atoms with Gasteiger partial charge in [0.25, 0.3) is 0 Å². The van der Waals surface area contributed by atoms with Crippen LogP contribution < -0.4 is 10.6 Å². The predicted molar refractivity (Wildman–Crippen MR) is 89.8 cm³/mol. The zero-order valence-electron chi connectivity index (χ0n) is 11.8. The highest BCUT2D eigenvalue weighted by Gasteiger charge is 2.13. The predicted octanol–water partition coefficient (Wildman–Crippen LogP) is 0.454. The van der Waals surface area contributed by atoms with Crippen molar-refractivity contribution in [1.29, 1.82) is 0 Å². The number of hydrogen-bond donors (Lipinski definition) is 2. The molecule has 20 heavy (non-hydrogen) atoms. The van der Waals surface area contributed by atoms with Gasteiger partial charge < -0.3 is 15.1 Å². The maximum Gasteiger partial charge on any atom is 0.215 e. The van der Waals surface area contributed by atoms with Crippen LogP contribution >= 0.6 is 24.0 Å². The Bertz CT molecular complexity index is 500. The highest BCUT2D eigenvalue weighted by atomic mass is 127. The van der Waals surface area contributed by atoms with Crippen LogP contribution in [0.5, 0.6) is 0 Å². The Kier molecular flexibility index (Phi) is 8.81. The van der Waals surface area contributed by atoms with Crippen LogP contribution in [0.15, 0.2) is 27.8 Å². The molecule has 0 aliphatic carbocycles. The molecule has 0 radical (unpaired) electrons. The molecule has 0 amide bonds. The number of nitrogens with zero attached hydrogens (tertiary/aromatic N) is 2. The molecule has 0 atom stereocenters. The average Bonchev–Trinajstić information content (AvgIpc) is 2.86. The average molecular weight is 416 g/mol. The number of rotatable bonds is 6. The fraction of sp³-hybridized carbons (Fsp3) is 0.545. The Morgan fingerprint density at radius 1 is 1.40 bits per heavy atom. The summed E-state index contributed by atoms with van der Waals surface area (Å²) in [6.07, 6.45) is 1.59. The van der Waals surface area contributed by atoms with Gasteiger partial charge in [0.05, 0.1) is 18.6 Å².